The number of rotatable bonds is 6. The summed E-state index contributed by atoms with van der Waals surface area (Å²) in [5.74, 6) is 0.0140. The van der Waals surface area contributed by atoms with Crippen LogP contribution in [0.1, 0.15) is 22.8 Å². The molecule has 1 atom stereocenters. The second kappa shape index (κ2) is 8.59. The van der Waals surface area contributed by atoms with Crippen LogP contribution < -0.4 is 0 Å². The Morgan fingerprint density at radius 3 is 2.15 bits per heavy atom. The third kappa shape index (κ3) is 4.27. The Bertz CT molecular complexity index is 902. The molecule has 0 bridgehead atoms. The van der Waals surface area contributed by atoms with Gasteiger partial charge in [0.05, 0.1) is 21.3 Å². The highest BCUT2D eigenvalue weighted by atomic mass is 32.2. The first kappa shape index (κ1) is 18.1. The minimum Gasteiger partial charge on any atom is -0.457 e. The van der Waals surface area contributed by atoms with Crippen LogP contribution in [0.25, 0.3) is 11.1 Å². The Kier molecular flexibility index (Phi) is 5.97. The van der Waals surface area contributed by atoms with Gasteiger partial charge in [-0.2, -0.15) is 0 Å². The van der Waals surface area contributed by atoms with E-state index in [2.05, 4.69) is 12.1 Å². The smallest absolute Gasteiger partial charge is 0.339 e. The van der Waals surface area contributed by atoms with E-state index in [0.29, 0.717) is 16.2 Å². The molecule has 0 heterocycles. The standard InChI is InChI=1S/C22H20O3S/c1-2-26(24)21-11-7-6-10-20(21)22(23)25-16-17-12-14-19(15-13-17)18-8-4-3-5-9-18/h3-15H,2,16H2,1H3/t26-/m0/s1. The van der Waals surface area contributed by atoms with Gasteiger partial charge >= 0.3 is 5.97 Å². The van der Waals surface area contributed by atoms with Gasteiger partial charge in [-0.25, -0.2) is 4.79 Å². The van der Waals surface area contributed by atoms with E-state index in [-0.39, 0.29) is 6.61 Å². The average Bonchev–Trinajstić information content (AvgIpc) is 2.72. The zero-order valence-electron chi connectivity index (χ0n) is 14.6. The summed E-state index contributed by atoms with van der Waals surface area (Å²) in [5, 5.41) is 0. The zero-order valence-corrected chi connectivity index (χ0v) is 15.4. The van der Waals surface area contributed by atoms with E-state index in [1.54, 1.807) is 24.3 Å². The van der Waals surface area contributed by atoms with Crippen LogP contribution in [0.2, 0.25) is 0 Å². The molecular weight excluding hydrogens is 344 g/mol. The van der Waals surface area contributed by atoms with Crippen LogP contribution in [0.5, 0.6) is 0 Å². The van der Waals surface area contributed by atoms with Crippen molar-refractivity contribution >= 4 is 16.8 Å². The maximum absolute atomic E-state index is 12.4. The van der Waals surface area contributed by atoms with Crippen molar-refractivity contribution < 1.29 is 13.7 Å². The van der Waals surface area contributed by atoms with Gasteiger partial charge in [0, 0.05) is 5.75 Å². The molecule has 0 amide bonds. The monoisotopic (exact) mass is 364 g/mol. The highest BCUT2D eigenvalue weighted by Crippen LogP contribution is 2.20. The largest absolute Gasteiger partial charge is 0.457 e. The number of carbonyl (C=O) groups is 1. The molecule has 0 aliphatic heterocycles. The van der Waals surface area contributed by atoms with E-state index < -0.39 is 16.8 Å². The molecule has 3 nitrogen and oxygen atoms in total. The summed E-state index contributed by atoms with van der Waals surface area (Å²) < 4.78 is 17.5. The maximum atomic E-state index is 12.4. The quantitative estimate of drug-likeness (QED) is 0.588. The Morgan fingerprint density at radius 1 is 0.846 bits per heavy atom. The predicted octanol–water partition coefficient (Wildman–Crippen LogP) is 4.84. The lowest BCUT2D eigenvalue weighted by molar-refractivity contribution is 0.0468. The van der Waals surface area contributed by atoms with Crippen LogP contribution >= 0.6 is 0 Å². The molecule has 0 aliphatic carbocycles. The molecular formula is C22H20O3S. The second-order valence-electron chi connectivity index (χ2n) is 5.77. The van der Waals surface area contributed by atoms with Crippen LogP contribution in [-0.4, -0.2) is 15.9 Å². The lowest BCUT2D eigenvalue weighted by Gasteiger charge is -2.09. The first-order valence-corrected chi connectivity index (χ1v) is 9.80. The number of hydrogen-bond acceptors (Lipinski definition) is 3. The molecule has 0 saturated carbocycles. The summed E-state index contributed by atoms with van der Waals surface area (Å²) in [5.41, 5.74) is 3.54. The number of esters is 1. The summed E-state index contributed by atoms with van der Waals surface area (Å²) in [6.45, 7) is 2.01. The lowest BCUT2D eigenvalue weighted by atomic mass is 10.0. The van der Waals surface area contributed by atoms with Gasteiger partial charge in [0.15, 0.2) is 0 Å². The van der Waals surface area contributed by atoms with Gasteiger partial charge in [-0.15, -0.1) is 0 Å². The predicted molar refractivity (Wildman–Crippen MR) is 104 cm³/mol. The normalized spacial score (nSPS) is 11.7. The maximum Gasteiger partial charge on any atom is 0.339 e. The molecule has 0 fully saturated rings. The van der Waals surface area contributed by atoms with Gasteiger partial charge in [-0.3, -0.25) is 4.21 Å². The third-order valence-electron chi connectivity index (χ3n) is 4.05. The van der Waals surface area contributed by atoms with Crippen molar-refractivity contribution in [1.29, 1.82) is 0 Å². The average molecular weight is 364 g/mol. The Morgan fingerprint density at radius 2 is 1.46 bits per heavy atom. The third-order valence-corrected chi connectivity index (χ3v) is 5.42. The molecule has 26 heavy (non-hydrogen) atoms. The van der Waals surface area contributed by atoms with E-state index in [4.69, 9.17) is 4.74 Å². The zero-order chi connectivity index (χ0) is 18.4. The van der Waals surface area contributed by atoms with E-state index in [9.17, 15) is 9.00 Å². The van der Waals surface area contributed by atoms with Gasteiger partial charge in [-0.1, -0.05) is 73.7 Å². The van der Waals surface area contributed by atoms with Crippen molar-refractivity contribution in [3.05, 3.63) is 90.0 Å². The summed E-state index contributed by atoms with van der Waals surface area (Å²) in [6, 6.07) is 24.9. The van der Waals surface area contributed by atoms with Crippen LogP contribution in [0.3, 0.4) is 0 Å². The first-order chi connectivity index (χ1) is 12.7. The van der Waals surface area contributed by atoms with Crippen molar-refractivity contribution in [1.82, 2.24) is 0 Å². The molecule has 0 N–H and O–H groups in total. The molecule has 0 spiro atoms. The highest BCUT2D eigenvalue weighted by molar-refractivity contribution is 7.85. The Hall–Kier alpha value is -2.72. The molecule has 132 valence electrons. The molecule has 0 unspecified atom stereocenters. The first-order valence-electron chi connectivity index (χ1n) is 8.48. The van der Waals surface area contributed by atoms with E-state index in [1.165, 1.54) is 0 Å². The van der Waals surface area contributed by atoms with Crippen LogP contribution in [0.15, 0.2) is 83.8 Å². The molecule has 3 aromatic carbocycles. The van der Waals surface area contributed by atoms with Crippen molar-refractivity contribution in [3.8, 4) is 11.1 Å². The van der Waals surface area contributed by atoms with Crippen LogP contribution in [0, 0.1) is 0 Å². The number of hydrogen-bond donors (Lipinski definition) is 0. The van der Waals surface area contributed by atoms with E-state index >= 15 is 0 Å². The minimum absolute atomic E-state index is 0.182. The molecule has 0 saturated heterocycles. The minimum atomic E-state index is -1.20. The molecule has 0 aromatic heterocycles. The van der Waals surface area contributed by atoms with Gasteiger partial charge in [0.2, 0.25) is 0 Å². The van der Waals surface area contributed by atoms with E-state index in [0.717, 1.165) is 16.7 Å². The Labute approximate surface area is 156 Å². The second-order valence-corrected chi connectivity index (χ2v) is 7.48. The molecule has 3 rings (SSSR count). The molecule has 3 aromatic rings. The summed E-state index contributed by atoms with van der Waals surface area (Å²) in [6.07, 6.45) is 0. The Balaban J connectivity index is 1.68. The van der Waals surface area contributed by atoms with Gasteiger partial charge in [0.25, 0.3) is 0 Å². The van der Waals surface area contributed by atoms with Gasteiger partial charge < -0.3 is 4.74 Å². The number of carbonyl (C=O) groups excluding carboxylic acids is 1. The van der Waals surface area contributed by atoms with Gasteiger partial charge in [0.1, 0.15) is 6.61 Å². The molecule has 0 aliphatic rings. The van der Waals surface area contributed by atoms with Crippen molar-refractivity contribution in [2.24, 2.45) is 0 Å². The number of benzene rings is 3. The number of ether oxygens (including phenoxy) is 1. The topological polar surface area (TPSA) is 43.4 Å². The lowest BCUT2D eigenvalue weighted by Crippen LogP contribution is -2.10. The molecule has 4 heteroatoms. The van der Waals surface area contributed by atoms with Crippen molar-refractivity contribution in [2.75, 3.05) is 5.75 Å². The summed E-state index contributed by atoms with van der Waals surface area (Å²) in [4.78, 5) is 12.9. The fraction of sp³-hybridized carbons (Fsp3) is 0.136. The fourth-order valence-corrected chi connectivity index (χ4v) is 3.58. The van der Waals surface area contributed by atoms with Crippen LogP contribution in [-0.2, 0) is 22.1 Å². The fourth-order valence-electron chi connectivity index (χ4n) is 2.64. The summed E-state index contributed by atoms with van der Waals surface area (Å²) in [7, 11) is -1.20. The van der Waals surface area contributed by atoms with Gasteiger partial charge in [-0.05, 0) is 28.8 Å². The summed E-state index contributed by atoms with van der Waals surface area (Å²) >= 11 is 0. The van der Waals surface area contributed by atoms with Crippen LogP contribution in [0.4, 0.5) is 0 Å². The van der Waals surface area contributed by atoms with E-state index in [1.807, 2.05) is 49.4 Å². The SMILES string of the molecule is CC[S@](=O)c1ccccc1C(=O)OCc1ccc(-c2ccccc2)cc1. The van der Waals surface area contributed by atoms with Crippen molar-refractivity contribution in [3.63, 3.8) is 0 Å². The highest BCUT2D eigenvalue weighted by Gasteiger charge is 2.16. The van der Waals surface area contributed by atoms with Crippen molar-refractivity contribution in [2.45, 2.75) is 18.4 Å². The molecule has 0 radical (unpaired) electrons.